The minimum absolute atomic E-state index is 0.0173. The van der Waals surface area contributed by atoms with Crippen molar-refractivity contribution in [1.29, 1.82) is 0 Å². The number of fused-ring (bicyclic) bond motifs is 5. The molecule has 5 aromatic rings. The van der Waals surface area contributed by atoms with E-state index >= 15 is 4.39 Å². The zero-order valence-electron chi connectivity index (χ0n) is 37.3. The van der Waals surface area contributed by atoms with Gasteiger partial charge in [-0.2, -0.15) is 0 Å². The number of ether oxygens (including phenoxy) is 3. The molecule has 6 heterocycles. The van der Waals surface area contributed by atoms with E-state index in [4.69, 9.17) is 9.47 Å². The van der Waals surface area contributed by atoms with Crippen LogP contribution in [0.5, 0.6) is 5.75 Å². The molecule has 6 atom stereocenters. The number of carbonyl (C=O) groups excluding carboxylic acids is 3. The van der Waals surface area contributed by atoms with Crippen LogP contribution in [0.4, 0.5) is 26.7 Å². The van der Waals surface area contributed by atoms with E-state index < -0.39 is 104 Å². The van der Waals surface area contributed by atoms with Crippen molar-refractivity contribution in [2.45, 2.75) is 103 Å². The van der Waals surface area contributed by atoms with E-state index in [0.29, 0.717) is 34.7 Å². The number of aromatic nitrogens is 5. The van der Waals surface area contributed by atoms with Crippen molar-refractivity contribution in [2.24, 2.45) is 11.8 Å². The highest BCUT2D eigenvalue weighted by molar-refractivity contribution is 5.92. The van der Waals surface area contributed by atoms with E-state index in [-0.39, 0.29) is 28.8 Å². The molecule has 3 aromatic heterocycles. The Morgan fingerprint density at radius 2 is 1.45 bits per heavy atom. The Morgan fingerprint density at radius 3 is 2.03 bits per heavy atom. The van der Waals surface area contributed by atoms with Crippen LogP contribution in [0.1, 0.15) is 83.8 Å². The molecule has 16 nitrogen and oxygen atoms in total. The summed E-state index contributed by atoms with van der Waals surface area (Å²) in [7, 11) is 2.37. The number of nitrogens with one attached hydrogen (secondary N) is 4. The average molecular weight is 926 g/mol. The van der Waals surface area contributed by atoms with E-state index in [1.165, 1.54) is 31.6 Å². The van der Waals surface area contributed by atoms with Crippen LogP contribution in [-0.4, -0.2) is 115 Å². The number of alkyl carbamates (subject to hydrolysis) is 1. The molecule has 2 fully saturated rings. The molecule has 0 spiro atoms. The van der Waals surface area contributed by atoms with Gasteiger partial charge in [0.2, 0.25) is 18.2 Å². The number of nitrogens with zero attached hydrogens (tertiary/aromatic N) is 5. The number of halogens is 5. The van der Waals surface area contributed by atoms with Gasteiger partial charge in [0.25, 0.3) is 11.8 Å². The predicted octanol–water partition coefficient (Wildman–Crippen LogP) is 7.26. The van der Waals surface area contributed by atoms with E-state index in [2.05, 4.69) is 35.3 Å². The van der Waals surface area contributed by atoms with Gasteiger partial charge in [-0.25, -0.2) is 36.7 Å². The van der Waals surface area contributed by atoms with E-state index in [1.54, 1.807) is 27.7 Å². The second-order valence-corrected chi connectivity index (χ2v) is 17.8. The summed E-state index contributed by atoms with van der Waals surface area (Å²) in [6, 6.07) is 5.88. The molecule has 3 amide bonds. The van der Waals surface area contributed by atoms with Crippen LogP contribution in [0.3, 0.4) is 0 Å². The van der Waals surface area contributed by atoms with Crippen LogP contribution in [0.25, 0.3) is 44.7 Å². The number of rotatable bonds is 13. The third-order valence-electron chi connectivity index (χ3n) is 12.5. The van der Waals surface area contributed by atoms with Crippen molar-refractivity contribution in [3.05, 3.63) is 66.3 Å². The first-order chi connectivity index (χ1) is 31.2. The zero-order chi connectivity index (χ0) is 47.6. The van der Waals surface area contributed by atoms with Gasteiger partial charge in [0.05, 0.1) is 73.3 Å². The molecule has 21 heteroatoms. The van der Waals surface area contributed by atoms with Crippen molar-refractivity contribution < 1.29 is 55.7 Å². The largest absolute Gasteiger partial charge is 0.469 e. The van der Waals surface area contributed by atoms with Crippen LogP contribution in [0.2, 0.25) is 0 Å². The zero-order valence-corrected chi connectivity index (χ0v) is 37.3. The number of likely N-dealkylation sites (tertiary alicyclic amines) is 2. The van der Waals surface area contributed by atoms with E-state index in [1.807, 2.05) is 35.8 Å². The summed E-state index contributed by atoms with van der Waals surface area (Å²) in [4.78, 5) is 56.3. The molecular formula is C45H52F5N9O7. The quantitative estimate of drug-likeness (QED) is 0.0593. The van der Waals surface area contributed by atoms with Crippen LogP contribution in [-0.2, 0) is 19.1 Å². The molecule has 8 rings (SSSR count). The molecule has 66 heavy (non-hydrogen) atoms. The van der Waals surface area contributed by atoms with Crippen molar-refractivity contribution in [1.82, 2.24) is 44.9 Å². The Hall–Kier alpha value is -6.06. The van der Waals surface area contributed by atoms with Gasteiger partial charge in [-0.15, -0.1) is 0 Å². The van der Waals surface area contributed by atoms with Crippen LogP contribution in [0.15, 0.2) is 48.8 Å². The molecule has 3 aliphatic rings. The second kappa shape index (κ2) is 17.6. The van der Waals surface area contributed by atoms with Gasteiger partial charge >= 0.3 is 6.09 Å². The number of alkyl halides is 4. The third kappa shape index (κ3) is 8.70. The predicted molar refractivity (Wildman–Crippen MR) is 229 cm³/mol. The minimum Gasteiger partial charge on any atom is -0.469 e. The number of methoxy groups -OCH3 is 2. The lowest BCUT2D eigenvalue weighted by Gasteiger charge is -2.31. The summed E-state index contributed by atoms with van der Waals surface area (Å²) < 4.78 is 94.1. The number of carbonyl (C=O) groups is 3. The molecule has 0 aliphatic carbocycles. The number of imidazole rings is 2. The lowest BCUT2D eigenvalue weighted by atomic mass is 10.0. The van der Waals surface area contributed by atoms with Gasteiger partial charge < -0.3 is 49.0 Å². The Bertz CT molecular complexity index is 2650. The maximum Gasteiger partial charge on any atom is 0.407 e. The number of aliphatic hydroxyl groups is 1. The maximum absolute atomic E-state index is 16.3. The first kappa shape index (κ1) is 46.5. The Labute approximate surface area is 376 Å². The monoisotopic (exact) mass is 925 g/mol. The second-order valence-electron chi connectivity index (χ2n) is 17.8. The number of aliphatic hydroxyl groups excluding tert-OH is 1. The highest BCUT2D eigenvalue weighted by Crippen LogP contribution is 2.47. The highest BCUT2D eigenvalue weighted by atomic mass is 19.3. The fourth-order valence-corrected chi connectivity index (χ4v) is 9.15. The highest BCUT2D eigenvalue weighted by Gasteiger charge is 2.52. The summed E-state index contributed by atoms with van der Waals surface area (Å²) in [5.74, 6) is -8.74. The van der Waals surface area contributed by atoms with Gasteiger partial charge in [0, 0.05) is 48.4 Å². The van der Waals surface area contributed by atoms with Gasteiger partial charge in [-0.3, -0.25) is 14.9 Å². The first-order valence-corrected chi connectivity index (χ1v) is 21.7. The van der Waals surface area contributed by atoms with Crippen LogP contribution >= 0.6 is 0 Å². The summed E-state index contributed by atoms with van der Waals surface area (Å²) in [5.41, 5.74) is 3.30. The fraction of sp³-hybridized carbons (Fsp3) is 0.489. The number of hydrogen-bond donors (Lipinski definition) is 5. The van der Waals surface area contributed by atoms with Crippen molar-refractivity contribution in [3.63, 3.8) is 0 Å². The topological polar surface area (TPSA) is 192 Å². The van der Waals surface area contributed by atoms with Crippen molar-refractivity contribution in [2.75, 3.05) is 27.3 Å². The molecule has 5 N–H and O–H groups in total. The molecule has 0 radical (unpaired) electrons. The van der Waals surface area contributed by atoms with Gasteiger partial charge in [0.1, 0.15) is 29.3 Å². The fourth-order valence-electron chi connectivity index (χ4n) is 9.15. The number of amides is 3. The Balaban J connectivity index is 1.07. The van der Waals surface area contributed by atoms with Crippen molar-refractivity contribution in [3.8, 4) is 39.5 Å². The van der Waals surface area contributed by atoms with Gasteiger partial charge in [0.15, 0.2) is 6.23 Å². The minimum atomic E-state index is -3.26. The maximum atomic E-state index is 16.3. The molecule has 2 unspecified atom stereocenters. The Kier molecular flexibility index (Phi) is 12.4. The molecule has 354 valence electrons. The van der Waals surface area contributed by atoms with E-state index in [0.717, 1.165) is 27.8 Å². The smallest absolute Gasteiger partial charge is 0.407 e. The van der Waals surface area contributed by atoms with Crippen LogP contribution < -0.4 is 15.4 Å². The number of benzene rings is 2. The normalized spacial score (nSPS) is 21.2. The summed E-state index contributed by atoms with van der Waals surface area (Å²) in [5, 5.41) is 15.9. The number of aromatic amines is 2. The third-order valence-corrected chi connectivity index (χ3v) is 12.5. The van der Waals surface area contributed by atoms with Crippen LogP contribution in [0, 0.1) is 17.7 Å². The van der Waals surface area contributed by atoms with Gasteiger partial charge in [-0.1, -0.05) is 40.7 Å². The van der Waals surface area contributed by atoms with Gasteiger partial charge in [-0.05, 0) is 42.2 Å². The summed E-state index contributed by atoms with van der Waals surface area (Å²) in [6.07, 6.45) is -0.922. The van der Waals surface area contributed by atoms with Crippen molar-refractivity contribution >= 4 is 28.8 Å². The molecule has 2 aromatic carbocycles. The molecule has 3 aliphatic heterocycles. The molecule has 2 saturated heterocycles. The molecular weight excluding hydrogens is 874 g/mol. The van der Waals surface area contributed by atoms with E-state index in [9.17, 15) is 37.1 Å². The average Bonchev–Trinajstić information content (AvgIpc) is 4.12. The number of H-pyrrole nitrogens is 2. The standard InChI is InChI=1S/C45H52F5N9O7/c1-8-35-59-30-10-9-23(28-17-51-38(53-28)32-15-44(47,48)19-57(32)40(60)36(21(2)3)55-42(62)64-6)11-24(30)12-31(59)26-13-27(46)25(14-34(26)66-35)29-18-52-39(54-29)33-16-45(49,50)20-58(33)41(61)37(22(4)5)56-43(63)65-7/h9-14,17-18,21-22,32-33,35-37,42,55,62H,8,15-16,19-20H2,1-7H3,(H,51,53)(H,52,54)(H,56,63)/t32-,33-,35?,36-,37-,42?/m0/s1. The summed E-state index contributed by atoms with van der Waals surface area (Å²) in [6.45, 7) is 6.99. The molecule has 0 bridgehead atoms. The first-order valence-electron chi connectivity index (χ1n) is 21.7. The summed E-state index contributed by atoms with van der Waals surface area (Å²) >= 11 is 0. The lowest BCUT2D eigenvalue weighted by Crippen LogP contribution is -2.53. The lowest BCUT2D eigenvalue weighted by molar-refractivity contribution is -0.146. The molecule has 0 saturated carbocycles. The SMILES string of the molecule is CCC1Oc2cc(-c3cnc([C@@H]4CC(F)(F)CN4C(=O)[C@@H](NC(=O)OC)C(C)C)[nH]3)c(F)cc2-c2cc3cc(-c4cnc([C@@H]5CC(F)(F)CN5C(=O)[C@@H](NC(O)OC)C(C)C)[nH]4)ccc3n21. The number of hydrogen-bond acceptors (Lipinski definition) is 10. The Morgan fingerprint density at radius 1 is 0.864 bits per heavy atom.